The van der Waals surface area contributed by atoms with Gasteiger partial charge in [-0.25, -0.2) is 0 Å². The normalized spacial score (nSPS) is 12.5. The quantitative estimate of drug-likeness (QED) is 0.718. The van der Waals surface area contributed by atoms with Crippen LogP contribution in [0, 0.1) is 5.92 Å². The molecule has 1 aromatic carbocycles. The Hall–Kier alpha value is -1.11. The van der Waals surface area contributed by atoms with Crippen LogP contribution in [0.25, 0.3) is 0 Å². The summed E-state index contributed by atoms with van der Waals surface area (Å²) in [5, 5.41) is 0. The van der Waals surface area contributed by atoms with Crippen molar-refractivity contribution in [1.82, 2.24) is 0 Å². The van der Waals surface area contributed by atoms with E-state index in [2.05, 4.69) is 31.2 Å². The highest BCUT2D eigenvalue weighted by Gasteiger charge is 2.08. The predicted octanol–water partition coefficient (Wildman–Crippen LogP) is 3.41. The van der Waals surface area contributed by atoms with E-state index >= 15 is 0 Å². The van der Waals surface area contributed by atoms with Crippen molar-refractivity contribution in [3.63, 3.8) is 0 Å². The van der Waals surface area contributed by atoms with E-state index in [1.54, 1.807) is 6.92 Å². The molecule has 82 valence electrons. The Morgan fingerprint density at radius 3 is 2.60 bits per heavy atom. The lowest BCUT2D eigenvalue weighted by Crippen LogP contribution is -2.09. The maximum Gasteiger partial charge on any atom is 0.132 e. The maximum absolute atomic E-state index is 11.2. The monoisotopic (exact) mass is 204 g/mol. The summed E-state index contributed by atoms with van der Waals surface area (Å²) in [4.78, 5) is 11.2. The van der Waals surface area contributed by atoms with Gasteiger partial charge in [0.1, 0.15) is 5.78 Å². The molecule has 15 heavy (non-hydrogen) atoms. The number of hydrogen-bond donors (Lipinski definition) is 0. The molecule has 1 nitrogen and oxygen atoms in total. The van der Waals surface area contributed by atoms with Gasteiger partial charge in [0.2, 0.25) is 0 Å². The van der Waals surface area contributed by atoms with Crippen molar-refractivity contribution in [3.05, 3.63) is 35.4 Å². The van der Waals surface area contributed by atoms with E-state index in [-0.39, 0.29) is 11.7 Å². The SMILES string of the molecule is CCCc1cccc(CC(C)C(C)=O)c1. The van der Waals surface area contributed by atoms with Gasteiger partial charge in [0.15, 0.2) is 0 Å². The first-order valence-electron chi connectivity index (χ1n) is 5.71. The zero-order chi connectivity index (χ0) is 11.3. The minimum absolute atomic E-state index is 0.141. The highest BCUT2D eigenvalue weighted by atomic mass is 16.1. The zero-order valence-electron chi connectivity index (χ0n) is 9.92. The second-order valence-corrected chi connectivity index (χ2v) is 4.29. The van der Waals surface area contributed by atoms with Crippen molar-refractivity contribution in [3.8, 4) is 0 Å². The van der Waals surface area contributed by atoms with Crippen LogP contribution in [0.1, 0.15) is 38.3 Å². The average molecular weight is 204 g/mol. The smallest absolute Gasteiger partial charge is 0.132 e. The number of Topliss-reactive ketones (excluding diaryl/α,β-unsaturated/α-hetero) is 1. The minimum atomic E-state index is 0.141. The van der Waals surface area contributed by atoms with Crippen molar-refractivity contribution in [2.24, 2.45) is 5.92 Å². The molecule has 0 aliphatic carbocycles. The molecule has 0 spiro atoms. The van der Waals surface area contributed by atoms with Crippen LogP contribution in [0.3, 0.4) is 0 Å². The molecule has 0 aromatic heterocycles. The van der Waals surface area contributed by atoms with E-state index < -0.39 is 0 Å². The first kappa shape index (κ1) is 12.0. The Bertz CT molecular complexity index is 328. The van der Waals surface area contributed by atoms with Gasteiger partial charge in [-0.2, -0.15) is 0 Å². The predicted molar refractivity (Wildman–Crippen MR) is 64.0 cm³/mol. The molecule has 0 fully saturated rings. The number of carbonyl (C=O) groups excluding carboxylic acids is 1. The summed E-state index contributed by atoms with van der Waals surface area (Å²) >= 11 is 0. The molecule has 0 N–H and O–H groups in total. The third-order valence-corrected chi connectivity index (χ3v) is 2.77. The second-order valence-electron chi connectivity index (χ2n) is 4.29. The van der Waals surface area contributed by atoms with E-state index in [1.807, 2.05) is 6.92 Å². The maximum atomic E-state index is 11.2. The van der Waals surface area contributed by atoms with Gasteiger partial charge in [0.25, 0.3) is 0 Å². The number of hydrogen-bond acceptors (Lipinski definition) is 1. The Balaban J connectivity index is 2.68. The van der Waals surface area contributed by atoms with Gasteiger partial charge in [-0.1, -0.05) is 44.5 Å². The molecule has 1 rings (SSSR count). The summed E-state index contributed by atoms with van der Waals surface area (Å²) in [7, 11) is 0. The van der Waals surface area contributed by atoms with Gasteiger partial charge < -0.3 is 0 Å². The van der Waals surface area contributed by atoms with Crippen LogP contribution in [0.4, 0.5) is 0 Å². The lowest BCUT2D eigenvalue weighted by atomic mass is 9.96. The highest BCUT2D eigenvalue weighted by Crippen LogP contribution is 2.12. The fraction of sp³-hybridized carbons (Fsp3) is 0.500. The summed E-state index contributed by atoms with van der Waals surface area (Å²) in [6.07, 6.45) is 3.17. The molecule has 0 radical (unpaired) electrons. The summed E-state index contributed by atoms with van der Waals surface area (Å²) in [6.45, 7) is 5.85. The summed E-state index contributed by atoms with van der Waals surface area (Å²) < 4.78 is 0. The standard InChI is InChI=1S/C14H20O/c1-4-6-13-7-5-8-14(10-13)9-11(2)12(3)15/h5,7-8,10-11H,4,6,9H2,1-3H3. The van der Waals surface area contributed by atoms with E-state index in [4.69, 9.17) is 0 Å². The molecule has 1 atom stereocenters. The number of ketones is 1. The molecule has 0 saturated heterocycles. The lowest BCUT2D eigenvalue weighted by Gasteiger charge is -2.08. The molecule has 0 bridgehead atoms. The van der Waals surface area contributed by atoms with Crippen LogP contribution >= 0.6 is 0 Å². The largest absolute Gasteiger partial charge is 0.300 e. The van der Waals surface area contributed by atoms with Gasteiger partial charge in [0.05, 0.1) is 0 Å². The summed E-state index contributed by atoms with van der Waals surface area (Å²) in [5.74, 6) is 0.415. The molecule has 0 amide bonds. The van der Waals surface area contributed by atoms with Crippen LogP contribution in [-0.2, 0) is 17.6 Å². The van der Waals surface area contributed by atoms with Crippen molar-refractivity contribution in [2.75, 3.05) is 0 Å². The Kier molecular flexibility index (Phi) is 4.54. The fourth-order valence-electron chi connectivity index (χ4n) is 1.70. The summed E-state index contributed by atoms with van der Waals surface area (Å²) in [6, 6.07) is 8.58. The Morgan fingerprint density at radius 2 is 2.00 bits per heavy atom. The van der Waals surface area contributed by atoms with E-state index in [9.17, 15) is 4.79 Å². The zero-order valence-corrected chi connectivity index (χ0v) is 9.92. The molecule has 0 aliphatic rings. The third kappa shape index (κ3) is 3.86. The van der Waals surface area contributed by atoms with Gasteiger partial charge in [-0.3, -0.25) is 4.79 Å². The molecular weight excluding hydrogens is 184 g/mol. The molecule has 0 heterocycles. The second kappa shape index (κ2) is 5.69. The van der Waals surface area contributed by atoms with Crippen LogP contribution in [-0.4, -0.2) is 5.78 Å². The molecular formula is C14H20O. The Morgan fingerprint density at radius 1 is 1.33 bits per heavy atom. The number of rotatable bonds is 5. The van der Waals surface area contributed by atoms with Crippen molar-refractivity contribution in [2.45, 2.75) is 40.0 Å². The van der Waals surface area contributed by atoms with E-state index in [1.165, 1.54) is 17.5 Å². The molecule has 1 heteroatoms. The van der Waals surface area contributed by atoms with Gasteiger partial charge >= 0.3 is 0 Å². The van der Waals surface area contributed by atoms with Gasteiger partial charge in [-0.05, 0) is 30.9 Å². The topological polar surface area (TPSA) is 17.1 Å². The average Bonchev–Trinajstić information content (AvgIpc) is 2.18. The van der Waals surface area contributed by atoms with E-state index in [0.717, 1.165) is 12.8 Å². The third-order valence-electron chi connectivity index (χ3n) is 2.77. The lowest BCUT2D eigenvalue weighted by molar-refractivity contribution is -0.120. The summed E-state index contributed by atoms with van der Waals surface area (Å²) in [5.41, 5.74) is 2.66. The molecule has 1 unspecified atom stereocenters. The molecule has 1 aromatic rings. The van der Waals surface area contributed by atoms with Crippen molar-refractivity contribution >= 4 is 5.78 Å². The fourth-order valence-corrected chi connectivity index (χ4v) is 1.70. The highest BCUT2D eigenvalue weighted by molar-refractivity contribution is 5.78. The van der Waals surface area contributed by atoms with Crippen LogP contribution in [0.2, 0.25) is 0 Å². The number of carbonyl (C=O) groups is 1. The van der Waals surface area contributed by atoms with Gasteiger partial charge in [0, 0.05) is 5.92 Å². The number of benzene rings is 1. The molecule has 0 aliphatic heterocycles. The number of aryl methyl sites for hydroxylation is 1. The van der Waals surface area contributed by atoms with Crippen LogP contribution < -0.4 is 0 Å². The molecule has 0 saturated carbocycles. The van der Waals surface area contributed by atoms with Gasteiger partial charge in [-0.15, -0.1) is 0 Å². The van der Waals surface area contributed by atoms with Crippen LogP contribution in [0.5, 0.6) is 0 Å². The Labute approximate surface area is 92.5 Å². The first-order valence-corrected chi connectivity index (χ1v) is 5.71. The first-order chi connectivity index (χ1) is 7.13. The minimum Gasteiger partial charge on any atom is -0.300 e. The van der Waals surface area contributed by atoms with E-state index in [0.29, 0.717) is 0 Å². The van der Waals surface area contributed by atoms with Crippen molar-refractivity contribution in [1.29, 1.82) is 0 Å². The van der Waals surface area contributed by atoms with Crippen LogP contribution in [0.15, 0.2) is 24.3 Å². The van der Waals surface area contributed by atoms with Crippen molar-refractivity contribution < 1.29 is 4.79 Å².